The molecule has 0 spiro atoms. The van der Waals surface area contributed by atoms with Crippen LogP contribution in [0.5, 0.6) is 0 Å². The first-order valence-electron chi connectivity index (χ1n) is 4.87. The van der Waals surface area contributed by atoms with E-state index >= 15 is 0 Å². The van der Waals surface area contributed by atoms with Crippen molar-refractivity contribution in [1.82, 2.24) is 0 Å². The van der Waals surface area contributed by atoms with E-state index in [-0.39, 0.29) is 11.9 Å². The Labute approximate surface area is 83.6 Å². The average Bonchev–Trinajstić information content (AvgIpc) is 2.01. The van der Waals surface area contributed by atoms with E-state index in [0.717, 1.165) is 12.8 Å². The second-order valence-corrected chi connectivity index (χ2v) is 3.87. The molecule has 0 bridgehead atoms. The molecule has 0 unspecified atom stereocenters. The van der Waals surface area contributed by atoms with E-state index in [0.29, 0.717) is 19.4 Å². The van der Waals surface area contributed by atoms with E-state index in [1.54, 1.807) is 0 Å². The highest BCUT2D eigenvalue weighted by Crippen LogP contribution is 2.28. The van der Waals surface area contributed by atoms with Crippen LogP contribution in [0.1, 0.15) is 39.5 Å². The zero-order valence-corrected chi connectivity index (χ0v) is 8.67. The van der Waals surface area contributed by atoms with Gasteiger partial charge in [-0.2, -0.15) is 0 Å². The van der Waals surface area contributed by atoms with Crippen LogP contribution in [0.25, 0.3) is 0 Å². The standard InChI is InChI=1S/C10H16O4/c1-8(11)13-7-6-10(2)5-3-4-9(12)14-10/h3-7H2,1-2H3/t10-/m1/s1. The lowest BCUT2D eigenvalue weighted by Gasteiger charge is -2.32. The first kappa shape index (κ1) is 11.0. The summed E-state index contributed by atoms with van der Waals surface area (Å²) in [5, 5.41) is 0. The van der Waals surface area contributed by atoms with Crippen LogP contribution in [0.15, 0.2) is 0 Å². The summed E-state index contributed by atoms with van der Waals surface area (Å²) in [7, 11) is 0. The third-order valence-electron chi connectivity index (χ3n) is 2.38. The maximum Gasteiger partial charge on any atom is 0.306 e. The van der Waals surface area contributed by atoms with E-state index in [1.807, 2.05) is 6.92 Å². The molecule has 80 valence electrons. The molecule has 1 aliphatic rings. The fourth-order valence-corrected chi connectivity index (χ4v) is 1.57. The van der Waals surface area contributed by atoms with Gasteiger partial charge in [-0.25, -0.2) is 0 Å². The van der Waals surface area contributed by atoms with Gasteiger partial charge in [0.25, 0.3) is 0 Å². The smallest absolute Gasteiger partial charge is 0.306 e. The summed E-state index contributed by atoms with van der Waals surface area (Å²) < 4.78 is 10.0. The molecule has 1 saturated heterocycles. The van der Waals surface area contributed by atoms with Gasteiger partial charge < -0.3 is 9.47 Å². The fraction of sp³-hybridized carbons (Fsp3) is 0.800. The van der Waals surface area contributed by atoms with E-state index in [1.165, 1.54) is 6.92 Å². The largest absolute Gasteiger partial charge is 0.466 e. The second kappa shape index (κ2) is 4.44. The molecule has 0 aliphatic carbocycles. The normalized spacial score (nSPS) is 26.9. The molecule has 4 heteroatoms. The zero-order chi connectivity index (χ0) is 10.6. The lowest BCUT2D eigenvalue weighted by Crippen LogP contribution is -2.36. The minimum atomic E-state index is -0.440. The van der Waals surface area contributed by atoms with Gasteiger partial charge >= 0.3 is 11.9 Å². The van der Waals surface area contributed by atoms with Crippen molar-refractivity contribution in [3.63, 3.8) is 0 Å². The number of carbonyl (C=O) groups excluding carboxylic acids is 2. The monoisotopic (exact) mass is 200 g/mol. The number of rotatable bonds is 3. The molecule has 1 atom stereocenters. The molecule has 0 N–H and O–H groups in total. The average molecular weight is 200 g/mol. The summed E-state index contributed by atoms with van der Waals surface area (Å²) in [6.45, 7) is 3.57. The molecule has 0 radical (unpaired) electrons. The molecular weight excluding hydrogens is 184 g/mol. The van der Waals surface area contributed by atoms with E-state index in [4.69, 9.17) is 9.47 Å². The van der Waals surface area contributed by atoms with Gasteiger partial charge in [0.05, 0.1) is 6.61 Å². The predicted molar refractivity (Wildman–Crippen MR) is 49.6 cm³/mol. The molecule has 1 rings (SSSR count). The first-order chi connectivity index (χ1) is 6.52. The molecular formula is C10H16O4. The molecule has 0 aromatic heterocycles. The van der Waals surface area contributed by atoms with Crippen LogP contribution in [0.4, 0.5) is 0 Å². The predicted octanol–water partition coefficient (Wildman–Crippen LogP) is 1.43. The Bertz CT molecular complexity index is 236. The van der Waals surface area contributed by atoms with Gasteiger partial charge in [0.15, 0.2) is 0 Å². The van der Waals surface area contributed by atoms with E-state index in [2.05, 4.69) is 0 Å². The molecule has 0 aromatic carbocycles. The number of esters is 2. The molecule has 4 nitrogen and oxygen atoms in total. The summed E-state index contributed by atoms with van der Waals surface area (Å²) in [4.78, 5) is 21.6. The number of hydrogen-bond donors (Lipinski definition) is 0. The van der Waals surface area contributed by atoms with Crippen LogP contribution < -0.4 is 0 Å². The summed E-state index contributed by atoms with van der Waals surface area (Å²) in [6.07, 6.45) is 2.79. The molecule has 0 saturated carbocycles. The van der Waals surface area contributed by atoms with Crippen LogP contribution in [0.3, 0.4) is 0 Å². The lowest BCUT2D eigenvalue weighted by atomic mass is 9.93. The van der Waals surface area contributed by atoms with Crippen LogP contribution in [-0.4, -0.2) is 24.1 Å². The van der Waals surface area contributed by atoms with E-state index in [9.17, 15) is 9.59 Å². The molecule has 0 amide bonds. The zero-order valence-electron chi connectivity index (χ0n) is 8.67. The van der Waals surface area contributed by atoms with Crippen LogP contribution in [-0.2, 0) is 19.1 Å². The van der Waals surface area contributed by atoms with Gasteiger partial charge in [-0.15, -0.1) is 0 Å². The fourth-order valence-electron chi connectivity index (χ4n) is 1.57. The Hall–Kier alpha value is -1.06. The number of hydrogen-bond acceptors (Lipinski definition) is 4. The van der Waals surface area contributed by atoms with Crippen molar-refractivity contribution in [2.75, 3.05) is 6.61 Å². The van der Waals surface area contributed by atoms with Crippen molar-refractivity contribution < 1.29 is 19.1 Å². The van der Waals surface area contributed by atoms with Gasteiger partial charge in [-0.3, -0.25) is 9.59 Å². The Kier molecular flexibility index (Phi) is 3.49. The molecule has 14 heavy (non-hydrogen) atoms. The molecule has 1 aliphatic heterocycles. The summed E-state index contributed by atoms with van der Waals surface area (Å²) in [6, 6.07) is 0. The number of carbonyl (C=O) groups is 2. The van der Waals surface area contributed by atoms with Crippen LogP contribution in [0, 0.1) is 0 Å². The van der Waals surface area contributed by atoms with Crippen molar-refractivity contribution in [1.29, 1.82) is 0 Å². The van der Waals surface area contributed by atoms with Crippen molar-refractivity contribution in [3.8, 4) is 0 Å². The SMILES string of the molecule is CC(=O)OCC[C@@]1(C)CCCC(=O)O1. The van der Waals surface area contributed by atoms with Gasteiger partial charge in [-0.1, -0.05) is 0 Å². The maximum atomic E-state index is 11.0. The minimum Gasteiger partial charge on any atom is -0.466 e. The van der Waals surface area contributed by atoms with Gasteiger partial charge in [0, 0.05) is 19.8 Å². The highest BCUT2D eigenvalue weighted by molar-refractivity contribution is 5.70. The quantitative estimate of drug-likeness (QED) is 0.646. The lowest BCUT2D eigenvalue weighted by molar-refractivity contribution is -0.167. The molecule has 1 heterocycles. The Morgan fingerprint density at radius 2 is 2.36 bits per heavy atom. The number of ether oxygens (including phenoxy) is 2. The maximum absolute atomic E-state index is 11.0. The van der Waals surface area contributed by atoms with Gasteiger partial charge in [-0.05, 0) is 19.8 Å². The van der Waals surface area contributed by atoms with Crippen molar-refractivity contribution in [3.05, 3.63) is 0 Å². The van der Waals surface area contributed by atoms with Crippen molar-refractivity contribution in [2.24, 2.45) is 0 Å². The minimum absolute atomic E-state index is 0.151. The highest BCUT2D eigenvalue weighted by Gasteiger charge is 2.32. The summed E-state index contributed by atoms with van der Waals surface area (Å²) in [5.74, 6) is -0.447. The van der Waals surface area contributed by atoms with Gasteiger partial charge in [0.1, 0.15) is 5.60 Å². The Morgan fingerprint density at radius 3 is 2.93 bits per heavy atom. The third kappa shape index (κ3) is 3.36. The summed E-state index contributed by atoms with van der Waals surface area (Å²) in [5.41, 5.74) is -0.440. The Balaban J connectivity index is 2.33. The van der Waals surface area contributed by atoms with Crippen molar-refractivity contribution >= 4 is 11.9 Å². The third-order valence-corrected chi connectivity index (χ3v) is 2.38. The topological polar surface area (TPSA) is 52.6 Å². The van der Waals surface area contributed by atoms with Crippen LogP contribution >= 0.6 is 0 Å². The first-order valence-corrected chi connectivity index (χ1v) is 4.87. The highest BCUT2D eigenvalue weighted by atomic mass is 16.6. The summed E-state index contributed by atoms with van der Waals surface area (Å²) >= 11 is 0. The van der Waals surface area contributed by atoms with Gasteiger partial charge in [0.2, 0.25) is 0 Å². The molecule has 0 aromatic rings. The van der Waals surface area contributed by atoms with Crippen LogP contribution in [0.2, 0.25) is 0 Å². The number of cyclic esters (lactones) is 1. The van der Waals surface area contributed by atoms with E-state index < -0.39 is 5.60 Å². The molecule has 1 fully saturated rings. The Morgan fingerprint density at radius 1 is 1.64 bits per heavy atom. The van der Waals surface area contributed by atoms with Crippen molar-refractivity contribution in [2.45, 2.75) is 45.1 Å². The second-order valence-electron chi connectivity index (χ2n) is 3.87.